The van der Waals surface area contributed by atoms with Gasteiger partial charge < -0.3 is 5.32 Å². The molecule has 0 aliphatic rings. The van der Waals surface area contributed by atoms with Gasteiger partial charge in [-0.1, -0.05) is 13.3 Å². The fourth-order valence-electron chi connectivity index (χ4n) is 1.42. The zero-order valence-corrected chi connectivity index (χ0v) is 11.3. The average molecular weight is 257 g/mol. The van der Waals surface area contributed by atoms with E-state index >= 15 is 0 Å². The van der Waals surface area contributed by atoms with Crippen molar-refractivity contribution in [1.29, 1.82) is 0 Å². The molecule has 0 spiro atoms. The van der Waals surface area contributed by atoms with E-state index in [0.717, 1.165) is 18.4 Å². The first-order chi connectivity index (χ1) is 8.01. The predicted octanol–water partition coefficient (Wildman–Crippen LogP) is 1.51. The van der Waals surface area contributed by atoms with E-state index in [9.17, 15) is 8.42 Å². The van der Waals surface area contributed by atoms with Crippen molar-refractivity contribution < 1.29 is 8.42 Å². The molecule has 0 bridgehead atoms. The molecule has 0 atom stereocenters. The summed E-state index contributed by atoms with van der Waals surface area (Å²) in [6.45, 7) is 4.30. The summed E-state index contributed by atoms with van der Waals surface area (Å²) in [6, 6.07) is 1.62. The molecule has 0 aromatic carbocycles. The number of unbranched alkanes of at least 4 members (excludes halogenated alkanes) is 1. The molecule has 0 fully saturated rings. The normalized spacial score (nSPS) is 11.5. The number of aromatic nitrogens is 1. The van der Waals surface area contributed by atoms with Crippen LogP contribution >= 0.6 is 0 Å². The number of nitrogens with one attached hydrogen (secondary N) is 2. The van der Waals surface area contributed by atoms with Gasteiger partial charge in [-0.3, -0.25) is 0 Å². The smallest absolute Gasteiger partial charge is 0.242 e. The standard InChI is InChI=1S/C11H19N3O2S/c1-4-5-6-14-17(15,16)10-7-9(2)11(12-3)13-8-10/h7-8,14H,4-6H2,1-3H3,(H,12,13). The summed E-state index contributed by atoms with van der Waals surface area (Å²) < 4.78 is 26.3. The molecule has 0 unspecified atom stereocenters. The average Bonchev–Trinajstić information content (AvgIpc) is 2.29. The van der Waals surface area contributed by atoms with Gasteiger partial charge in [-0.15, -0.1) is 0 Å². The maximum Gasteiger partial charge on any atom is 0.242 e. The van der Waals surface area contributed by atoms with Gasteiger partial charge in [-0.2, -0.15) is 0 Å². The Morgan fingerprint density at radius 1 is 1.41 bits per heavy atom. The van der Waals surface area contributed by atoms with Gasteiger partial charge in [0.25, 0.3) is 0 Å². The molecule has 5 nitrogen and oxygen atoms in total. The van der Waals surface area contributed by atoms with Crippen molar-refractivity contribution in [2.24, 2.45) is 0 Å². The number of hydrogen-bond acceptors (Lipinski definition) is 4. The minimum absolute atomic E-state index is 0.213. The summed E-state index contributed by atoms with van der Waals surface area (Å²) in [5, 5.41) is 2.90. The zero-order valence-electron chi connectivity index (χ0n) is 10.4. The van der Waals surface area contributed by atoms with Gasteiger partial charge in [0.15, 0.2) is 0 Å². The maximum atomic E-state index is 11.9. The van der Waals surface area contributed by atoms with Crippen molar-refractivity contribution in [1.82, 2.24) is 9.71 Å². The van der Waals surface area contributed by atoms with E-state index in [1.165, 1.54) is 6.20 Å². The van der Waals surface area contributed by atoms with Crippen molar-refractivity contribution in [2.45, 2.75) is 31.6 Å². The summed E-state index contributed by atoms with van der Waals surface area (Å²) in [5.74, 6) is 0.692. The molecule has 0 radical (unpaired) electrons. The number of sulfonamides is 1. The lowest BCUT2D eigenvalue weighted by atomic mass is 10.3. The molecule has 0 aliphatic heterocycles. The van der Waals surface area contributed by atoms with E-state index < -0.39 is 10.0 Å². The molecule has 0 amide bonds. The molecule has 0 aliphatic carbocycles. The Kier molecular flexibility index (Phi) is 4.89. The molecule has 1 heterocycles. The first kappa shape index (κ1) is 13.9. The van der Waals surface area contributed by atoms with Crippen LogP contribution < -0.4 is 10.0 Å². The van der Waals surface area contributed by atoms with Gasteiger partial charge in [0.2, 0.25) is 10.0 Å². The molecule has 1 aromatic rings. The van der Waals surface area contributed by atoms with Crippen LogP contribution in [0.1, 0.15) is 25.3 Å². The zero-order chi connectivity index (χ0) is 12.9. The highest BCUT2D eigenvalue weighted by molar-refractivity contribution is 7.89. The minimum Gasteiger partial charge on any atom is -0.373 e. The van der Waals surface area contributed by atoms with Crippen LogP contribution in [0.4, 0.5) is 5.82 Å². The highest BCUT2D eigenvalue weighted by atomic mass is 32.2. The van der Waals surface area contributed by atoms with Crippen molar-refractivity contribution in [3.05, 3.63) is 17.8 Å². The lowest BCUT2D eigenvalue weighted by Gasteiger charge is -2.08. The molecule has 0 saturated heterocycles. The third kappa shape index (κ3) is 3.67. The van der Waals surface area contributed by atoms with Gasteiger partial charge in [-0.25, -0.2) is 18.1 Å². The minimum atomic E-state index is -3.42. The molecule has 96 valence electrons. The largest absolute Gasteiger partial charge is 0.373 e. The first-order valence-corrected chi connectivity index (χ1v) is 7.13. The van der Waals surface area contributed by atoms with Crippen molar-refractivity contribution in [2.75, 3.05) is 18.9 Å². The van der Waals surface area contributed by atoms with Crippen LogP contribution in [0.2, 0.25) is 0 Å². The lowest BCUT2D eigenvalue weighted by Crippen LogP contribution is -2.25. The monoisotopic (exact) mass is 257 g/mol. The Morgan fingerprint density at radius 3 is 2.65 bits per heavy atom. The van der Waals surface area contributed by atoms with E-state index in [1.54, 1.807) is 13.1 Å². The van der Waals surface area contributed by atoms with Gasteiger partial charge in [0, 0.05) is 19.8 Å². The van der Waals surface area contributed by atoms with Crippen molar-refractivity contribution in [3.8, 4) is 0 Å². The van der Waals surface area contributed by atoms with E-state index in [0.29, 0.717) is 12.4 Å². The van der Waals surface area contributed by atoms with Gasteiger partial charge >= 0.3 is 0 Å². The number of hydrogen-bond donors (Lipinski definition) is 2. The van der Waals surface area contributed by atoms with Crippen molar-refractivity contribution >= 4 is 15.8 Å². The summed E-state index contributed by atoms with van der Waals surface area (Å²) in [6.07, 6.45) is 3.16. The van der Waals surface area contributed by atoms with Gasteiger partial charge in [0.05, 0.1) is 0 Å². The Balaban J connectivity index is 2.88. The molecular weight excluding hydrogens is 238 g/mol. The summed E-state index contributed by atoms with van der Waals surface area (Å²) in [4.78, 5) is 4.27. The Labute approximate surface area is 103 Å². The fourth-order valence-corrected chi connectivity index (χ4v) is 2.53. The number of aryl methyl sites for hydroxylation is 1. The van der Waals surface area contributed by atoms with Crippen LogP contribution in [0, 0.1) is 6.92 Å². The molecule has 2 N–H and O–H groups in total. The number of nitrogens with zero attached hydrogens (tertiary/aromatic N) is 1. The lowest BCUT2D eigenvalue weighted by molar-refractivity contribution is 0.578. The number of rotatable bonds is 6. The van der Waals surface area contributed by atoms with E-state index in [4.69, 9.17) is 0 Å². The van der Waals surface area contributed by atoms with Crippen molar-refractivity contribution in [3.63, 3.8) is 0 Å². The highest BCUT2D eigenvalue weighted by Gasteiger charge is 2.14. The second-order valence-corrected chi connectivity index (χ2v) is 5.60. The number of pyridine rings is 1. The van der Waals surface area contributed by atoms with Gasteiger partial charge in [-0.05, 0) is 25.0 Å². The second-order valence-electron chi connectivity index (χ2n) is 3.84. The van der Waals surface area contributed by atoms with E-state index in [-0.39, 0.29) is 4.90 Å². The topological polar surface area (TPSA) is 71.1 Å². The predicted molar refractivity (Wildman–Crippen MR) is 68.6 cm³/mol. The van der Waals surface area contributed by atoms with Crippen LogP contribution in [0.15, 0.2) is 17.2 Å². The van der Waals surface area contributed by atoms with E-state index in [1.807, 2.05) is 13.8 Å². The van der Waals surface area contributed by atoms with Crippen LogP contribution in [0.3, 0.4) is 0 Å². The summed E-state index contributed by atoms with van der Waals surface area (Å²) in [5.41, 5.74) is 0.811. The molecule has 0 saturated carbocycles. The molecule has 6 heteroatoms. The Morgan fingerprint density at radius 2 is 2.12 bits per heavy atom. The fraction of sp³-hybridized carbons (Fsp3) is 0.545. The molecule has 17 heavy (non-hydrogen) atoms. The Bertz CT molecular complexity index is 472. The van der Waals surface area contributed by atoms with Crippen LogP contribution in [0.5, 0.6) is 0 Å². The molecular formula is C11H19N3O2S. The Hall–Kier alpha value is -1.14. The first-order valence-electron chi connectivity index (χ1n) is 5.65. The van der Waals surface area contributed by atoms with Crippen LogP contribution in [0.25, 0.3) is 0 Å². The highest BCUT2D eigenvalue weighted by Crippen LogP contribution is 2.15. The third-order valence-corrected chi connectivity index (χ3v) is 3.85. The third-order valence-electron chi connectivity index (χ3n) is 2.42. The quantitative estimate of drug-likeness (QED) is 0.758. The summed E-state index contributed by atoms with van der Waals surface area (Å²) >= 11 is 0. The van der Waals surface area contributed by atoms with Gasteiger partial charge in [0.1, 0.15) is 10.7 Å². The number of anilines is 1. The van der Waals surface area contributed by atoms with E-state index in [2.05, 4.69) is 15.0 Å². The SMILES string of the molecule is CCCCNS(=O)(=O)c1cnc(NC)c(C)c1. The second kappa shape index (κ2) is 5.97. The molecule has 1 rings (SSSR count). The maximum absolute atomic E-state index is 11.9. The molecule has 1 aromatic heterocycles. The summed E-state index contributed by atoms with van der Waals surface area (Å²) in [7, 11) is -1.67. The van der Waals surface area contributed by atoms with Crippen LogP contribution in [-0.4, -0.2) is 27.0 Å². The van der Waals surface area contributed by atoms with Crippen LogP contribution in [-0.2, 0) is 10.0 Å².